The van der Waals surface area contributed by atoms with Crippen LogP contribution in [0.25, 0.3) is 0 Å². The van der Waals surface area contributed by atoms with Crippen LogP contribution in [0.15, 0.2) is 0 Å². The predicted octanol–water partition coefficient (Wildman–Crippen LogP) is -12.0. The average Bonchev–Trinajstić information content (AvgIpc) is 1.62. The summed E-state index contributed by atoms with van der Waals surface area (Å²) in [6.07, 6.45) is 0. The van der Waals surface area contributed by atoms with Crippen molar-refractivity contribution in [2.24, 2.45) is 0 Å². The first-order valence-electron chi connectivity index (χ1n) is 2.92. The molecule has 0 aromatic carbocycles. The Bertz CT molecular complexity index is 305. The molecule has 0 atom stereocenters. The molecule has 0 amide bonds. The van der Waals surface area contributed by atoms with Gasteiger partial charge in [0.25, 0.3) is 0 Å². The average molecular weight is 662 g/mol. The topological polar surface area (TPSA) is 277 Å². The van der Waals surface area contributed by atoms with Gasteiger partial charge in [-0.05, 0) is 0 Å². The molecule has 0 aliphatic carbocycles. The molecule has 0 spiro atoms. The summed E-state index contributed by atoms with van der Waals surface area (Å²) >= 11 is 13.1. The second-order valence-corrected chi connectivity index (χ2v) is 10.7. The van der Waals surface area contributed by atoms with Gasteiger partial charge in [0.05, 0.1) is 0 Å². The molecule has 0 unspecified atom stereocenters. The van der Waals surface area contributed by atoms with Gasteiger partial charge in [0.2, 0.25) is 0 Å². The van der Waals surface area contributed by atoms with Gasteiger partial charge in [-0.2, -0.15) is 47.2 Å². The summed E-state index contributed by atoms with van der Waals surface area (Å²) in [5, 5.41) is 0. The van der Waals surface area contributed by atoms with E-state index in [0.29, 0.717) is 0 Å². The third-order valence-corrected chi connectivity index (χ3v) is 0. The SMILES string of the molecule is [Ge+4].[Ge+4].[Ge+4].[O-]P([O-])([O-])=S.[O-]P([O-])([O-])=S.[O-]P([O-])([O-])=S.[O-]P([O-])([O-])=S. The largest absolute Gasteiger partial charge is 4.00 e. The minimum absolute atomic E-state index is 0. The Kier molecular flexibility index (Phi) is 40.5. The number of hydrogen-bond donors (Lipinski definition) is 0. The molecule has 0 rings (SSSR count). The van der Waals surface area contributed by atoms with Gasteiger partial charge in [0, 0.05) is 0 Å². The summed E-state index contributed by atoms with van der Waals surface area (Å²) in [6.45, 7) is -18.2. The van der Waals surface area contributed by atoms with E-state index < -0.39 is 26.9 Å². The second kappa shape index (κ2) is 20.5. The van der Waals surface area contributed by atoms with Crippen LogP contribution >= 0.6 is 26.9 Å². The van der Waals surface area contributed by atoms with E-state index in [4.69, 9.17) is 58.7 Å². The van der Waals surface area contributed by atoms with E-state index in [0.717, 1.165) is 0 Å². The summed E-state index contributed by atoms with van der Waals surface area (Å²) in [7, 11) is 0. The Morgan fingerprint density at radius 1 is 0.304 bits per heavy atom. The molecular weight excluding hydrogens is 662 g/mol. The number of hydrogen-bond acceptors (Lipinski definition) is 16. The van der Waals surface area contributed by atoms with Gasteiger partial charge in [-0.3, -0.25) is 0 Å². The zero-order valence-electron chi connectivity index (χ0n) is 9.82. The maximum absolute atomic E-state index is 8.92. The van der Waals surface area contributed by atoms with E-state index in [1.54, 1.807) is 0 Å². The molecule has 23 heteroatoms. The second-order valence-electron chi connectivity index (χ2n) is 1.79. The van der Waals surface area contributed by atoms with Gasteiger partial charge in [-0.25, -0.2) is 0 Å². The summed E-state index contributed by atoms with van der Waals surface area (Å²) in [4.78, 5) is 107. The fourth-order valence-corrected chi connectivity index (χ4v) is 0. The molecule has 0 saturated carbocycles. The van der Waals surface area contributed by atoms with Crippen LogP contribution in [0.4, 0.5) is 0 Å². The Morgan fingerprint density at radius 2 is 0.304 bits per heavy atom. The molecule has 128 valence electrons. The van der Waals surface area contributed by atoms with E-state index in [-0.39, 0.29) is 52.8 Å². The molecule has 0 fully saturated rings. The van der Waals surface area contributed by atoms with Crippen molar-refractivity contribution in [3.63, 3.8) is 0 Å². The Labute approximate surface area is 184 Å². The molecule has 12 nitrogen and oxygen atoms in total. The maximum Gasteiger partial charge on any atom is 4.00 e. The van der Waals surface area contributed by atoms with Gasteiger partial charge in [0.15, 0.2) is 0 Å². The third-order valence-electron chi connectivity index (χ3n) is 0. The standard InChI is InChI=1S/3Ge.4H3O3PS/c;;;4*1-4(2,3)5/h;;;4*(H3,1,2,3,5)/q3*+4;;;;/p-12. The molecule has 0 saturated heterocycles. The molecule has 0 radical (unpaired) electrons. The van der Waals surface area contributed by atoms with Crippen molar-refractivity contribution >= 4 is 127 Å². The smallest absolute Gasteiger partial charge is 0.844 e. The van der Waals surface area contributed by atoms with Crippen molar-refractivity contribution in [1.82, 2.24) is 0 Å². The monoisotopic (exact) mass is 665 g/mol. The zero-order chi connectivity index (χ0) is 18.0. The van der Waals surface area contributed by atoms with Crippen LogP contribution in [0.1, 0.15) is 0 Å². The first kappa shape index (κ1) is 45.5. The van der Waals surface area contributed by atoms with Crippen LogP contribution in [-0.2, 0) is 47.2 Å². The van der Waals surface area contributed by atoms with Crippen LogP contribution in [0, 0.1) is 0 Å². The summed E-state index contributed by atoms with van der Waals surface area (Å²) < 4.78 is 0. The van der Waals surface area contributed by atoms with E-state index in [1.807, 2.05) is 0 Å². The van der Waals surface area contributed by atoms with Gasteiger partial charge in [-0.1, -0.05) is 0 Å². The van der Waals surface area contributed by atoms with Gasteiger partial charge in [-0.15, -0.1) is 0 Å². The van der Waals surface area contributed by atoms with Crippen LogP contribution < -0.4 is 58.7 Å². The Balaban J connectivity index is -0.0000000284. The van der Waals surface area contributed by atoms with Crippen molar-refractivity contribution in [2.75, 3.05) is 0 Å². The fourth-order valence-electron chi connectivity index (χ4n) is 0. The molecule has 0 aliphatic rings. The van der Waals surface area contributed by atoms with E-state index in [2.05, 4.69) is 47.2 Å². The van der Waals surface area contributed by atoms with Crippen molar-refractivity contribution in [3.8, 4) is 0 Å². The van der Waals surface area contributed by atoms with Crippen molar-refractivity contribution in [2.45, 2.75) is 0 Å². The zero-order valence-corrected chi connectivity index (χ0v) is 23.0. The Hall–Kier alpha value is 3.75. The number of rotatable bonds is 0. The molecule has 0 bridgehead atoms. The quantitative estimate of drug-likeness (QED) is 0.172. The van der Waals surface area contributed by atoms with Crippen LogP contribution in [-0.4, -0.2) is 52.8 Å². The summed E-state index contributed by atoms with van der Waals surface area (Å²) in [6, 6.07) is 0. The minimum atomic E-state index is -4.56. The first-order valence-corrected chi connectivity index (χ1v) is 13.1. The molecule has 0 aromatic heterocycles. The molecule has 0 aliphatic heterocycles. The van der Waals surface area contributed by atoms with Crippen LogP contribution in [0.5, 0.6) is 0 Å². The van der Waals surface area contributed by atoms with Crippen molar-refractivity contribution in [1.29, 1.82) is 0 Å². The van der Waals surface area contributed by atoms with E-state index >= 15 is 0 Å². The van der Waals surface area contributed by atoms with E-state index in [9.17, 15) is 0 Å². The molecule has 0 heterocycles. The summed E-state index contributed by atoms with van der Waals surface area (Å²) in [5.74, 6) is 0. The minimum Gasteiger partial charge on any atom is -0.844 e. The third kappa shape index (κ3) is 1030. The van der Waals surface area contributed by atoms with Crippen LogP contribution in [0.2, 0.25) is 0 Å². The van der Waals surface area contributed by atoms with Gasteiger partial charge >= 0.3 is 52.8 Å². The van der Waals surface area contributed by atoms with Crippen LogP contribution in [0.3, 0.4) is 0 Å². The molecule has 0 N–H and O–H groups in total. The van der Waals surface area contributed by atoms with Gasteiger partial charge in [0.1, 0.15) is 0 Å². The normalized spacial score (nSPS) is 10.3. The molecular formula is Ge3O12P4S4. The van der Waals surface area contributed by atoms with E-state index in [1.165, 1.54) is 0 Å². The maximum atomic E-state index is 8.92. The summed E-state index contributed by atoms with van der Waals surface area (Å²) in [5.41, 5.74) is 0. The van der Waals surface area contributed by atoms with Crippen molar-refractivity contribution < 1.29 is 58.7 Å². The molecule has 23 heavy (non-hydrogen) atoms. The van der Waals surface area contributed by atoms with Gasteiger partial charge < -0.3 is 85.6 Å². The predicted molar refractivity (Wildman–Crippen MR) is 74.4 cm³/mol. The first-order chi connectivity index (χ1) is 8.00. The van der Waals surface area contributed by atoms with Crippen molar-refractivity contribution in [3.05, 3.63) is 0 Å². The Morgan fingerprint density at radius 3 is 0.304 bits per heavy atom. The fraction of sp³-hybridized carbons (Fsp3) is 0. The molecule has 0 aromatic rings.